The van der Waals surface area contributed by atoms with Gasteiger partial charge < -0.3 is 10.4 Å². The number of benzene rings is 1. The highest BCUT2D eigenvalue weighted by atomic mass is 16.3. The van der Waals surface area contributed by atoms with Crippen molar-refractivity contribution in [3.8, 4) is 5.75 Å². The highest BCUT2D eigenvalue weighted by molar-refractivity contribution is 5.59. The Morgan fingerprint density at radius 2 is 2.07 bits per heavy atom. The summed E-state index contributed by atoms with van der Waals surface area (Å²) in [6.07, 6.45) is 1.72. The van der Waals surface area contributed by atoms with Gasteiger partial charge in [0.05, 0.1) is 0 Å². The molecule has 0 saturated carbocycles. The number of phenols is 1. The first-order valence-corrected chi connectivity index (χ1v) is 4.73. The summed E-state index contributed by atoms with van der Waals surface area (Å²) in [6, 6.07) is 11.1. The summed E-state index contributed by atoms with van der Waals surface area (Å²) >= 11 is 0. The molecule has 0 spiro atoms. The lowest BCUT2D eigenvalue weighted by atomic mass is 10.2. The summed E-state index contributed by atoms with van der Waals surface area (Å²) in [6.45, 7) is 1.86. The number of aryl methyl sites for hydroxylation is 1. The smallest absolute Gasteiger partial charge is 0.130 e. The number of rotatable bonds is 2. The molecule has 3 nitrogen and oxygen atoms in total. The Labute approximate surface area is 88.4 Å². The van der Waals surface area contributed by atoms with E-state index < -0.39 is 0 Å². The summed E-state index contributed by atoms with van der Waals surface area (Å²) < 4.78 is 0. The van der Waals surface area contributed by atoms with Crippen LogP contribution in [0.5, 0.6) is 5.75 Å². The fourth-order valence-electron chi connectivity index (χ4n) is 1.27. The van der Waals surface area contributed by atoms with Crippen LogP contribution in [-0.4, -0.2) is 10.1 Å². The number of nitrogens with zero attached hydrogens (tertiary/aromatic N) is 1. The lowest BCUT2D eigenvalue weighted by Gasteiger charge is -2.06. The van der Waals surface area contributed by atoms with Gasteiger partial charge in [-0.05, 0) is 30.7 Å². The molecule has 76 valence electrons. The van der Waals surface area contributed by atoms with E-state index in [-0.39, 0.29) is 5.75 Å². The van der Waals surface area contributed by atoms with E-state index in [2.05, 4.69) is 10.3 Å². The number of pyridine rings is 1. The molecule has 1 aromatic heterocycles. The second-order valence-electron chi connectivity index (χ2n) is 3.34. The van der Waals surface area contributed by atoms with Crippen molar-refractivity contribution >= 4 is 11.5 Å². The monoisotopic (exact) mass is 200 g/mol. The van der Waals surface area contributed by atoms with Gasteiger partial charge in [0, 0.05) is 18.0 Å². The first-order chi connectivity index (χ1) is 7.25. The summed E-state index contributed by atoms with van der Waals surface area (Å²) in [5.41, 5.74) is 1.69. The molecule has 0 aliphatic heterocycles. The Kier molecular flexibility index (Phi) is 2.54. The maximum absolute atomic E-state index is 9.52. The molecule has 2 aromatic rings. The quantitative estimate of drug-likeness (QED) is 0.783. The largest absolute Gasteiger partial charge is 0.508 e. The van der Waals surface area contributed by atoms with E-state index in [1.54, 1.807) is 12.3 Å². The number of hydrogen-bond donors (Lipinski definition) is 2. The molecular weight excluding hydrogens is 188 g/mol. The summed E-state index contributed by atoms with van der Waals surface area (Å²) in [5, 5.41) is 12.6. The van der Waals surface area contributed by atoms with Crippen molar-refractivity contribution in [2.24, 2.45) is 0 Å². The second kappa shape index (κ2) is 4.00. The van der Waals surface area contributed by atoms with Crippen molar-refractivity contribution in [2.75, 3.05) is 5.32 Å². The number of hydrogen-bond acceptors (Lipinski definition) is 3. The Bertz CT molecular complexity index is 454. The normalized spacial score (nSPS) is 9.93. The highest BCUT2D eigenvalue weighted by Gasteiger charge is 1.98. The molecule has 0 amide bonds. The SMILES string of the molecule is Cc1ccc(Nc2ccccn2)cc1O. The van der Waals surface area contributed by atoms with Crippen LogP contribution >= 0.6 is 0 Å². The Morgan fingerprint density at radius 3 is 2.73 bits per heavy atom. The third-order valence-electron chi connectivity index (χ3n) is 2.15. The molecule has 0 bridgehead atoms. The van der Waals surface area contributed by atoms with Gasteiger partial charge in [-0.1, -0.05) is 12.1 Å². The molecule has 0 saturated heterocycles. The van der Waals surface area contributed by atoms with Crippen LogP contribution in [0.15, 0.2) is 42.6 Å². The minimum Gasteiger partial charge on any atom is -0.508 e. The number of phenolic OH excluding ortho intramolecular Hbond substituents is 1. The van der Waals surface area contributed by atoms with Crippen LogP contribution in [-0.2, 0) is 0 Å². The third-order valence-corrected chi connectivity index (χ3v) is 2.15. The van der Waals surface area contributed by atoms with Crippen LogP contribution in [0.25, 0.3) is 0 Å². The van der Waals surface area contributed by atoms with E-state index in [0.29, 0.717) is 0 Å². The molecule has 0 fully saturated rings. The van der Waals surface area contributed by atoms with Crippen molar-refractivity contribution in [3.63, 3.8) is 0 Å². The maximum atomic E-state index is 9.52. The van der Waals surface area contributed by atoms with E-state index in [0.717, 1.165) is 17.1 Å². The van der Waals surface area contributed by atoms with Crippen molar-refractivity contribution in [1.29, 1.82) is 0 Å². The summed E-state index contributed by atoms with van der Waals surface area (Å²) in [5.74, 6) is 1.05. The minimum atomic E-state index is 0.288. The molecule has 1 aromatic carbocycles. The Balaban J connectivity index is 2.22. The number of aromatic hydroxyl groups is 1. The lowest BCUT2D eigenvalue weighted by molar-refractivity contribution is 0.471. The number of anilines is 2. The molecule has 0 atom stereocenters. The van der Waals surface area contributed by atoms with Gasteiger partial charge in [-0.25, -0.2) is 4.98 Å². The maximum Gasteiger partial charge on any atom is 0.130 e. The first kappa shape index (κ1) is 9.52. The molecule has 1 heterocycles. The van der Waals surface area contributed by atoms with Crippen LogP contribution in [0.4, 0.5) is 11.5 Å². The first-order valence-electron chi connectivity index (χ1n) is 4.73. The Hall–Kier alpha value is -2.03. The van der Waals surface area contributed by atoms with Gasteiger partial charge in [0.15, 0.2) is 0 Å². The van der Waals surface area contributed by atoms with Gasteiger partial charge >= 0.3 is 0 Å². The van der Waals surface area contributed by atoms with Gasteiger partial charge in [-0.15, -0.1) is 0 Å². The van der Waals surface area contributed by atoms with Gasteiger partial charge in [0.2, 0.25) is 0 Å². The summed E-state index contributed by atoms with van der Waals surface area (Å²) in [4.78, 5) is 4.13. The standard InChI is InChI=1S/C12H12N2O/c1-9-5-6-10(8-11(9)15)14-12-4-2-3-7-13-12/h2-8,15H,1H3,(H,13,14). The van der Waals surface area contributed by atoms with E-state index in [1.807, 2.05) is 37.3 Å². The number of aromatic nitrogens is 1. The molecule has 2 N–H and O–H groups in total. The predicted molar refractivity (Wildman–Crippen MR) is 60.4 cm³/mol. The topological polar surface area (TPSA) is 45.2 Å². The van der Waals surface area contributed by atoms with Gasteiger partial charge in [-0.2, -0.15) is 0 Å². The fraction of sp³-hybridized carbons (Fsp3) is 0.0833. The van der Waals surface area contributed by atoms with Crippen molar-refractivity contribution < 1.29 is 5.11 Å². The molecule has 0 aliphatic carbocycles. The van der Waals surface area contributed by atoms with Crippen LogP contribution in [0, 0.1) is 6.92 Å². The lowest BCUT2D eigenvalue weighted by Crippen LogP contribution is -1.92. The molecular formula is C12H12N2O. The minimum absolute atomic E-state index is 0.288. The van der Waals surface area contributed by atoms with Gasteiger partial charge in [0.1, 0.15) is 11.6 Å². The number of nitrogens with one attached hydrogen (secondary N) is 1. The Morgan fingerprint density at radius 1 is 1.20 bits per heavy atom. The average molecular weight is 200 g/mol. The van der Waals surface area contributed by atoms with E-state index in [4.69, 9.17) is 0 Å². The zero-order valence-electron chi connectivity index (χ0n) is 8.44. The van der Waals surface area contributed by atoms with Crippen LogP contribution < -0.4 is 5.32 Å². The van der Waals surface area contributed by atoms with Crippen molar-refractivity contribution in [3.05, 3.63) is 48.2 Å². The second-order valence-corrected chi connectivity index (χ2v) is 3.34. The molecule has 0 aliphatic rings. The average Bonchev–Trinajstić information content (AvgIpc) is 2.25. The fourth-order valence-corrected chi connectivity index (χ4v) is 1.27. The molecule has 2 rings (SSSR count). The molecule has 15 heavy (non-hydrogen) atoms. The zero-order chi connectivity index (χ0) is 10.7. The summed E-state index contributed by atoms with van der Waals surface area (Å²) in [7, 11) is 0. The molecule has 3 heteroatoms. The van der Waals surface area contributed by atoms with E-state index in [9.17, 15) is 5.11 Å². The zero-order valence-corrected chi connectivity index (χ0v) is 8.44. The van der Waals surface area contributed by atoms with Crippen molar-refractivity contribution in [1.82, 2.24) is 4.98 Å². The van der Waals surface area contributed by atoms with Crippen LogP contribution in [0.3, 0.4) is 0 Å². The van der Waals surface area contributed by atoms with E-state index >= 15 is 0 Å². The van der Waals surface area contributed by atoms with Crippen LogP contribution in [0.1, 0.15) is 5.56 Å². The molecule has 0 unspecified atom stereocenters. The van der Waals surface area contributed by atoms with E-state index in [1.165, 1.54) is 0 Å². The van der Waals surface area contributed by atoms with Crippen molar-refractivity contribution in [2.45, 2.75) is 6.92 Å². The van der Waals surface area contributed by atoms with Gasteiger partial charge in [-0.3, -0.25) is 0 Å². The molecule has 0 radical (unpaired) electrons. The van der Waals surface area contributed by atoms with Gasteiger partial charge in [0.25, 0.3) is 0 Å². The third kappa shape index (κ3) is 2.26. The highest BCUT2D eigenvalue weighted by Crippen LogP contribution is 2.22. The predicted octanol–water partition coefficient (Wildman–Crippen LogP) is 2.84. The van der Waals surface area contributed by atoms with Crippen LogP contribution in [0.2, 0.25) is 0 Å².